The molecule has 0 radical (unpaired) electrons. The molecule has 2 heteroatoms. The monoisotopic (exact) mass is 186 g/mol. The molecule has 2 nitrogen and oxygen atoms in total. The fraction of sp³-hybridized carbons (Fsp3) is 1.00. The number of nitrogens with zero attached hydrogens (tertiary/aromatic N) is 1. The number of likely N-dealkylation sites (N-methyl/N-ethyl adjacent to an activating group) is 2. The van der Waals surface area contributed by atoms with Gasteiger partial charge in [-0.05, 0) is 40.8 Å². The maximum absolute atomic E-state index is 3.38. The van der Waals surface area contributed by atoms with Crippen molar-refractivity contribution in [1.82, 2.24) is 10.2 Å². The lowest BCUT2D eigenvalue weighted by Gasteiger charge is -2.36. The molecule has 0 aliphatic heterocycles. The first-order chi connectivity index (χ1) is 6.08. The largest absolute Gasteiger partial charge is 0.315 e. The molecule has 0 rings (SSSR count). The van der Waals surface area contributed by atoms with E-state index < -0.39 is 0 Å². The first kappa shape index (κ1) is 12.9. The molecule has 0 aromatic rings. The fourth-order valence-electron chi connectivity index (χ4n) is 2.14. The fourth-order valence-corrected chi connectivity index (χ4v) is 2.14. The van der Waals surface area contributed by atoms with E-state index in [1.54, 1.807) is 0 Å². The molecule has 1 N–H and O–H groups in total. The summed E-state index contributed by atoms with van der Waals surface area (Å²) < 4.78 is 0. The maximum atomic E-state index is 3.38. The first-order valence-electron chi connectivity index (χ1n) is 5.51. The van der Waals surface area contributed by atoms with Crippen LogP contribution in [0.4, 0.5) is 0 Å². The molecule has 0 saturated carbocycles. The molecule has 0 heterocycles. The summed E-state index contributed by atoms with van der Waals surface area (Å²) in [5.41, 5.74) is 0. The van der Waals surface area contributed by atoms with Crippen molar-refractivity contribution in [2.75, 3.05) is 13.6 Å². The van der Waals surface area contributed by atoms with Crippen molar-refractivity contribution in [2.45, 2.75) is 59.2 Å². The lowest BCUT2D eigenvalue weighted by molar-refractivity contribution is 0.140. The van der Waals surface area contributed by atoms with Crippen LogP contribution in [0.1, 0.15) is 41.0 Å². The third-order valence-electron chi connectivity index (χ3n) is 2.94. The molecule has 2 unspecified atom stereocenters. The van der Waals surface area contributed by atoms with Gasteiger partial charge in [-0.25, -0.2) is 0 Å². The van der Waals surface area contributed by atoms with Crippen LogP contribution in [-0.2, 0) is 0 Å². The van der Waals surface area contributed by atoms with E-state index in [4.69, 9.17) is 0 Å². The van der Waals surface area contributed by atoms with Gasteiger partial charge in [-0.2, -0.15) is 0 Å². The minimum absolute atomic E-state index is 0.613. The van der Waals surface area contributed by atoms with Gasteiger partial charge in [0.1, 0.15) is 0 Å². The highest BCUT2D eigenvalue weighted by atomic mass is 15.2. The van der Waals surface area contributed by atoms with Gasteiger partial charge in [-0.1, -0.05) is 13.8 Å². The van der Waals surface area contributed by atoms with Crippen molar-refractivity contribution in [3.8, 4) is 0 Å². The van der Waals surface area contributed by atoms with Gasteiger partial charge in [0.2, 0.25) is 0 Å². The smallest absolute Gasteiger partial charge is 0.0223 e. The van der Waals surface area contributed by atoms with Gasteiger partial charge in [0.05, 0.1) is 0 Å². The van der Waals surface area contributed by atoms with Gasteiger partial charge < -0.3 is 5.32 Å². The Kier molecular flexibility index (Phi) is 6.35. The molecule has 0 aromatic heterocycles. The summed E-state index contributed by atoms with van der Waals surface area (Å²) in [5, 5.41) is 3.38. The molecule has 0 spiro atoms. The minimum Gasteiger partial charge on any atom is -0.315 e. The molecule has 0 amide bonds. The number of nitrogens with one attached hydrogen (secondary N) is 1. The average Bonchev–Trinajstić information content (AvgIpc) is 2.07. The normalized spacial score (nSPS) is 16.6. The molecule has 0 fully saturated rings. The van der Waals surface area contributed by atoms with Gasteiger partial charge in [0, 0.05) is 18.1 Å². The Morgan fingerprint density at radius 3 is 1.92 bits per heavy atom. The van der Waals surface area contributed by atoms with E-state index in [0.717, 1.165) is 6.54 Å². The zero-order valence-corrected chi connectivity index (χ0v) is 10.1. The van der Waals surface area contributed by atoms with Crippen LogP contribution in [0.2, 0.25) is 0 Å². The second-order valence-corrected chi connectivity index (χ2v) is 3.97. The van der Waals surface area contributed by atoms with Crippen molar-refractivity contribution < 1.29 is 0 Å². The first-order valence-corrected chi connectivity index (χ1v) is 5.51. The summed E-state index contributed by atoms with van der Waals surface area (Å²) in [6, 6.07) is 1.88. The molecule has 0 aliphatic rings. The van der Waals surface area contributed by atoms with Crippen LogP contribution in [0, 0.1) is 0 Å². The molecule has 2 atom stereocenters. The maximum Gasteiger partial charge on any atom is 0.0223 e. The Bertz CT molecular complexity index is 119. The predicted octanol–water partition coefficient (Wildman–Crippen LogP) is 2.10. The SMILES string of the molecule is CCC(NC)C(C)N(CC)C(C)C. The van der Waals surface area contributed by atoms with Gasteiger partial charge in [-0.15, -0.1) is 0 Å². The highest BCUT2D eigenvalue weighted by Gasteiger charge is 2.21. The Morgan fingerprint density at radius 1 is 1.15 bits per heavy atom. The lowest BCUT2D eigenvalue weighted by Crippen LogP contribution is -2.49. The molecule has 0 saturated heterocycles. The van der Waals surface area contributed by atoms with Crippen LogP contribution in [-0.4, -0.2) is 36.6 Å². The Balaban J connectivity index is 4.24. The Labute approximate surface area is 83.7 Å². The van der Waals surface area contributed by atoms with Crippen LogP contribution >= 0.6 is 0 Å². The summed E-state index contributed by atoms with van der Waals surface area (Å²) in [7, 11) is 2.05. The molecule has 0 aliphatic carbocycles. The zero-order chi connectivity index (χ0) is 10.4. The summed E-state index contributed by atoms with van der Waals surface area (Å²) in [6.45, 7) is 12.5. The van der Waals surface area contributed by atoms with E-state index in [1.165, 1.54) is 6.42 Å². The van der Waals surface area contributed by atoms with Crippen molar-refractivity contribution in [3.05, 3.63) is 0 Å². The second kappa shape index (κ2) is 6.39. The van der Waals surface area contributed by atoms with E-state index in [1.807, 2.05) is 0 Å². The van der Waals surface area contributed by atoms with Gasteiger partial charge in [0.15, 0.2) is 0 Å². The second-order valence-electron chi connectivity index (χ2n) is 3.97. The van der Waals surface area contributed by atoms with Crippen molar-refractivity contribution in [1.29, 1.82) is 0 Å². The standard InChI is InChI=1S/C11H26N2/c1-7-11(12-6)10(5)13(8-2)9(3)4/h9-12H,7-8H2,1-6H3. The lowest BCUT2D eigenvalue weighted by atomic mass is 10.0. The molecule has 0 aromatic carbocycles. The van der Waals surface area contributed by atoms with Crippen LogP contribution in [0.3, 0.4) is 0 Å². The van der Waals surface area contributed by atoms with Crippen molar-refractivity contribution in [3.63, 3.8) is 0 Å². The predicted molar refractivity (Wildman–Crippen MR) is 60.1 cm³/mol. The topological polar surface area (TPSA) is 15.3 Å². The van der Waals surface area contributed by atoms with Crippen LogP contribution < -0.4 is 5.32 Å². The van der Waals surface area contributed by atoms with E-state index in [9.17, 15) is 0 Å². The van der Waals surface area contributed by atoms with E-state index >= 15 is 0 Å². The molecule has 0 bridgehead atoms. The highest BCUT2D eigenvalue weighted by molar-refractivity contribution is 4.80. The average molecular weight is 186 g/mol. The molecular formula is C11H26N2. The molecule has 13 heavy (non-hydrogen) atoms. The van der Waals surface area contributed by atoms with Gasteiger partial charge in [0.25, 0.3) is 0 Å². The Hall–Kier alpha value is -0.0800. The number of hydrogen-bond donors (Lipinski definition) is 1. The summed E-state index contributed by atoms with van der Waals surface area (Å²) >= 11 is 0. The van der Waals surface area contributed by atoms with Gasteiger partial charge in [-0.3, -0.25) is 4.90 Å². The summed E-state index contributed by atoms with van der Waals surface area (Å²) in [6.07, 6.45) is 1.20. The summed E-state index contributed by atoms with van der Waals surface area (Å²) in [5.74, 6) is 0. The quantitative estimate of drug-likeness (QED) is 0.683. The van der Waals surface area contributed by atoms with E-state index in [0.29, 0.717) is 18.1 Å². The van der Waals surface area contributed by atoms with Crippen molar-refractivity contribution in [2.24, 2.45) is 0 Å². The number of rotatable bonds is 6. The van der Waals surface area contributed by atoms with Crippen molar-refractivity contribution >= 4 is 0 Å². The zero-order valence-electron chi connectivity index (χ0n) is 10.1. The third kappa shape index (κ3) is 3.65. The Morgan fingerprint density at radius 2 is 1.69 bits per heavy atom. The molecular weight excluding hydrogens is 160 g/mol. The van der Waals surface area contributed by atoms with Crippen LogP contribution in [0.15, 0.2) is 0 Å². The summed E-state index contributed by atoms with van der Waals surface area (Å²) in [4.78, 5) is 2.53. The van der Waals surface area contributed by atoms with E-state index in [-0.39, 0.29) is 0 Å². The van der Waals surface area contributed by atoms with Crippen LogP contribution in [0.25, 0.3) is 0 Å². The minimum atomic E-state index is 0.613. The van der Waals surface area contributed by atoms with Gasteiger partial charge >= 0.3 is 0 Å². The van der Waals surface area contributed by atoms with Crippen LogP contribution in [0.5, 0.6) is 0 Å². The molecule has 80 valence electrons. The van der Waals surface area contributed by atoms with E-state index in [2.05, 4.69) is 51.9 Å². The number of hydrogen-bond acceptors (Lipinski definition) is 2. The highest BCUT2D eigenvalue weighted by Crippen LogP contribution is 2.10. The third-order valence-corrected chi connectivity index (χ3v) is 2.94.